The van der Waals surface area contributed by atoms with Crippen LogP contribution < -0.4 is 5.32 Å². The highest BCUT2D eigenvalue weighted by molar-refractivity contribution is 5.92. The SMILES string of the molecule is CC(C)N1CCN(CC(=O)Nc2cccnc2)CC1. The Hall–Kier alpha value is -1.46. The van der Waals surface area contributed by atoms with Crippen LogP contribution in [0.3, 0.4) is 0 Å². The van der Waals surface area contributed by atoms with Crippen molar-refractivity contribution in [1.82, 2.24) is 14.8 Å². The van der Waals surface area contributed by atoms with Gasteiger partial charge >= 0.3 is 0 Å². The number of carbonyl (C=O) groups excluding carboxylic acids is 1. The topological polar surface area (TPSA) is 48.5 Å². The molecule has 0 saturated carbocycles. The molecule has 1 amide bonds. The van der Waals surface area contributed by atoms with Gasteiger partial charge in [0, 0.05) is 38.4 Å². The molecule has 1 fully saturated rings. The van der Waals surface area contributed by atoms with Gasteiger partial charge in [-0.1, -0.05) is 0 Å². The molecule has 5 heteroatoms. The molecule has 1 aliphatic rings. The van der Waals surface area contributed by atoms with Crippen molar-refractivity contribution in [1.29, 1.82) is 0 Å². The molecule has 1 saturated heterocycles. The number of amides is 1. The molecule has 0 spiro atoms. The van der Waals surface area contributed by atoms with E-state index in [9.17, 15) is 4.79 Å². The molecule has 0 radical (unpaired) electrons. The van der Waals surface area contributed by atoms with Crippen molar-refractivity contribution in [3.63, 3.8) is 0 Å². The second-order valence-electron chi connectivity index (χ2n) is 5.20. The molecule has 2 rings (SSSR count). The van der Waals surface area contributed by atoms with Gasteiger partial charge < -0.3 is 5.32 Å². The quantitative estimate of drug-likeness (QED) is 0.881. The number of pyridine rings is 1. The van der Waals surface area contributed by atoms with Crippen molar-refractivity contribution >= 4 is 11.6 Å². The molecule has 0 unspecified atom stereocenters. The summed E-state index contributed by atoms with van der Waals surface area (Å²) in [6, 6.07) is 4.25. The van der Waals surface area contributed by atoms with Crippen LogP contribution in [0.4, 0.5) is 5.69 Å². The average molecular weight is 262 g/mol. The van der Waals surface area contributed by atoms with Gasteiger partial charge in [-0.25, -0.2) is 0 Å². The highest BCUT2D eigenvalue weighted by Gasteiger charge is 2.20. The van der Waals surface area contributed by atoms with Gasteiger partial charge in [0.25, 0.3) is 0 Å². The lowest BCUT2D eigenvalue weighted by Gasteiger charge is -2.36. The third-order valence-corrected chi connectivity index (χ3v) is 3.45. The third kappa shape index (κ3) is 4.29. The predicted octanol–water partition coefficient (Wildman–Crippen LogP) is 1.05. The number of carbonyl (C=O) groups is 1. The van der Waals surface area contributed by atoms with Gasteiger partial charge in [0.1, 0.15) is 0 Å². The first-order chi connectivity index (χ1) is 9.15. The van der Waals surface area contributed by atoms with Gasteiger partial charge in [-0.15, -0.1) is 0 Å². The standard InChI is InChI=1S/C14H22N4O/c1-12(2)18-8-6-17(7-9-18)11-14(19)16-13-4-3-5-15-10-13/h3-5,10,12H,6-9,11H2,1-2H3,(H,16,19). The van der Waals surface area contributed by atoms with Crippen molar-refractivity contribution in [2.75, 3.05) is 38.0 Å². The minimum absolute atomic E-state index is 0.0333. The highest BCUT2D eigenvalue weighted by atomic mass is 16.2. The zero-order valence-electron chi connectivity index (χ0n) is 11.7. The maximum Gasteiger partial charge on any atom is 0.238 e. The second-order valence-corrected chi connectivity index (χ2v) is 5.20. The Morgan fingerprint density at radius 3 is 2.68 bits per heavy atom. The van der Waals surface area contributed by atoms with Crippen LogP contribution in [0.2, 0.25) is 0 Å². The number of nitrogens with zero attached hydrogens (tertiary/aromatic N) is 3. The number of hydrogen-bond donors (Lipinski definition) is 1. The minimum atomic E-state index is 0.0333. The van der Waals surface area contributed by atoms with E-state index >= 15 is 0 Å². The lowest BCUT2D eigenvalue weighted by atomic mass is 10.2. The Kier molecular flexibility index (Phi) is 4.87. The number of piperazine rings is 1. The van der Waals surface area contributed by atoms with Crippen LogP contribution in [0.25, 0.3) is 0 Å². The Morgan fingerprint density at radius 2 is 2.11 bits per heavy atom. The van der Waals surface area contributed by atoms with Crippen LogP contribution in [0.1, 0.15) is 13.8 Å². The first-order valence-corrected chi connectivity index (χ1v) is 6.81. The van der Waals surface area contributed by atoms with Crippen LogP contribution >= 0.6 is 0 Å². The zero-order chi connectivity index (χ0) is 13.7. The van der Waals surface area contributed by atoms with Crippen molar-refractivity contribution in [3.8, 4) is 0 Å². The number of aromatic nitrogens is 1. The monoisotopic (exact) mass is 262 g/mol. The summed E-state index contributed by atoms with van der Waals surface area (Å²) in [7, 11) is 0. The highest BCUT2D eigenvalue weighted by Crippen LogP contribution is 2.07. The Morgan fingerprint density at radius 1 is 1.37 bits per heavy atom. The van der Waals surface area contributed by atoms with Gasteiger partial charge in [0.05, 0.1) is 18.4 Å². The van der Waals surface area contributed by atoms with Crippen LogP contribution in [0, 0.1) is 0 Å². The van der Waals surface area contributed by atoms with Gasteiger partial charge in [0.2, 0.25) is 5.91 Å². The zero-order valence-corrected chi connectivity index (χ0v) is 11.7. The largest absolute Gasteiger partial charge is 0.324 e. The summed E-state index contributed by atoms with van der Waals surface area (Å²) < 4.78 is 0. The van der Waals surface area contributed by atoms with Crippen molar-refractivity contribution in [2.45, 2.75) is 19.9 Å². The van der Waals surface area contributed by atoms with Crippen LogP contribution in [0.5, 0.6) is 0 Å². The fourth-order valence-electron chi connectivity index (χ4n) is 2.28. The van der Waals surface area contributed by atoms with Gasteiger partial charge in [-0.3, -0.25) is 19.6 Å². The van der Waals surface area contributed by atoms with E-state index in [-0.39, 0.29) is 5.91 Å². The molecule has 1 aliphatic heterocycles. The summed E-state index contributed by atoms with van der Waals surface area (Å²) in [5.41, 5.74) is 0.758. The average Bonchev–Trinajstić information content (AvgIpc) is 2.40. The lowest BCUT2D eigenvalue weighted by molar-refractivity contribution is -0.117. The van der Waals surface area contributed by atoms with Gasteiger partial charge in [-0.05, 0) is 26.0 Å². The van der Waals surface area contributed by atoms with Crippen molar-refractivity contribution in [3.05, 3.63) is 24.5 Å². The molecule has 104 valence electrons. The summed E-state index contributed by atoms with van der Waals surface area (Å²) in [6.07, 6.45) is 3.36. The fourth-order valence-corrected chi connectivity index (χ4v) is 2.28. The fraction of sp³-hybridized carbons (Fsp3) is 0.571. The molecular weight excluding hydrogens is 240 g/mol. The first-order valence-electron chi connectivity index (χ1n) is 6.81. The molecule has 0 aliphatic carbocycles. The molecule has 0 atom stereocenters. The Labute approximate surface area is 114 Å². The lowest BCUT2D eigenvalue weighted by Crippen LogP contribution is -2.50. The molecule has 1 N–H and O–H groups in total. The first kappa shape index (κ1) is 14.0. The van der Waals surface area contributed by atoms with Crippen LogP contribution in [-0.2, 0) is 4.79 Å². The number of rotatable bonds is 4. The molecule has 0 aromatic carbocycles. The van der Waals surface area contributed by atoms with E-state index in [2.05, 4.69) is 33.9 Å². The van der Waals surface area contributed by atoms with E-state index in [1.807, 2.05) is 12.1 Å². The minimum Gasteiger partial charge on any atom is -0.324 e. The van der Waals surface area contributed by atoms with Gasteiger partial charge in [0.15, 0.2) is 0 Å². The molecular formula is C14H22N4O. The molecule has 0 bridgehead atoms. The summed E-state index contributed by atoms with van der Waals surface area (Å²) >= 11 is 0. The number of hydrogen-bond acceptors (Lipinski definition) is 4. The normalized spacial score (nSPS) is 17.6. The summed E-state index contributed by atoms with van der Waals surface area (Å²) in [5.74, 6) is 0.0333. The van der Waals surface area contributed by atoms with E-state index in [1.54, 1.807) is 12.4 Å². The number of anilines is 1. The maximum atomic E-state index is 11.9. The van der Waals surface area contributed by atoms with Crippen LogP contribution in [0.15, 0.2) is 24.5 Å². The molecule has 2 heterocycles. The summed E-state index contributed by atoms with van der Waals surface area (Å²) in [4.78, 5) is 20.5. The molecule has 19 heavy (non-hydrogen) atoms. The Bertz CT molecular complexity index is 399. The van der Waals surface area contributed by atoms with E-state index in [1.165, 1.54) is 0 Å². The smallest absolute Gasteiger partial charge is 0.238 e. The Balaban J connectivity index is 1.75. The predicted molar refractivity (Wildman–Crippen MR) is 76.0 cm³/mol. The van der Waals surface area contributed by atoms with Crippen molar-refractivity contribution < 1.29 is 4.79 Å². The van der Waals surface area contributed by atoms with E-state index in [4.69, 9.17) is 0 Å². The van der Waals surface area contributed by atoms with E-state index in [0.717, 1.165) is 31.9 Å². The second kappa shape index (κ2) is 6.63. The van der Waals surface area contributed by atoms with Crippen molar-refractivity contribution in [2.24, 2.45) is 0 Å². The molecule has 1 aromatic heterocycles. The number of nitrogens with one attached hydrogen (secondary N) is 1. The van der Waals surface area contributed by atoms with Gasteiger partial charge in [-0.2, -0.15) is 0 Å². The molecule has 1 aromatic rings. The summed E-state index contributed by atoms with van der Waals surface area (Å²) in [5, 5.41) is 2.87. The summed E-state index contributed by atoms with van der Waals surface area (Å²) in [6.45, 7) is 8.88. The van der Waals surface area contributed by atoms with E-state index in [0.29, 0.717) is 12.6 Å². The third-order valence-electron chi connectivity index (χ3n) is 3.45. The van der Waals surface area contributed by atoms with Crippen LogP contribution in [-0.4, -0.2) is 59.5 Å². The van der Waals surface area contributed by atoms with E-state index < -0.39 is 0 Å². The molecule has 5 nitrogen and oxygen atoms in total. The maximum absolute atomic E-state index is 11.9.